The van der Waals surface area contributed by atoms with Crippen LogP contribution in [-0.4, -0.2) is 27.3 Å². The van der Waals surface area contributed by atoms with Gasteiger partial charge in [-0.3, -0.25) is 0 Å². The number of allylic oxidation sites excluding steroid dienone is 1. The molecule has 0 aliphatic carbocycles. The smallest absolute Gasteiger partial charge is 0.210 e. The summed E-state index contributed by atoms with van der Waals surface area (Å²) < 4.78 is 20.9. The summed E-state index contributed by atoms with van der Waals surface area (Å²) in [6, 6.07) is 0. The zero-order valence-electron chi connectivity index (χ0n) is 7.50. The van der Waals surface area contributed by atoms with E-state index in [1.54, 1.807) is 0 Å². The Bertz CT molecular complexity index is 240. The van der Waals surface area contributed by atoms with E-state index in [0.29, 0.717) is 13.1 Å². The summed E-state index contributed by atoms with van der Waals surface area (Å²) in [5.74, 6) is -0.0103. The molecule has 0 aromatic heterocycles. The third-order valence-electron chi connectivity index (χ3n) is 1.22. The summed E-state index contributed by atoms with van der Waals surface area (Å²) in [6.45, 7) is 5.07. The van der Waals surface area contributed by atoms with Crippen molar-refractivity contribution in [2.45, 2.75) is 13.8 Å². The number of nitrogens with two attached hydrogens (primary N) is 1. The van der Waals surface area contributed by atoms with Crippen molar-refractivity contribution in [3.63, 3.8) is 0 Å². The third kappa shape index (κ3) is 9.61. The zero-order chi connectivity index (χ0) is 9.61. The van der Waals surface area contributed by atoms with E-state index >= 15 is 0 Å². The minimum Gasteiger partial charge on any atom is -0.312 e. The fraction of sp³-hybridized carbons (Fsp3) is 0.714. The lowest BCUT2D eigenvalue weighted by Crippen LogP contribution is -2.27. The summed E-state index contributed by atoms with van der Waals surface area (Å²) in [4.78, 5) is 0. The summed E-state index contributed by atoms with van der Waals surface area (Å²) >= 11 is 0. The molecule has 12 heavy (non-hydrogen) atoms. The van der Waals surface area contributed by atoms with Gasteiger partial charge < -0.3 is 5.32 Å². The molecular weight excluding hydrogens is 176 g/mol. The lowest BCUT2D eigenvalue weighted by molar-refractivity contribution is 0.594. The molecule has 5 heteroatoms. The van der Waals surface area contributed by atoms with E-state index in [2.05, 4.69) is 5.32 Å². The molecule has 0 unspecified atom stereocenters. The Labute approximate surface area is 73.9 Å². The van der Waals surface area contributed by atoms with E-state index < -0.39 is 10.0 Å². The molecule has 0 saturated carbocycles. The average Bonchev–Trinajstić information content (AvgIpc) is 1.83. The van der Waals surface area contributed by atoms with E-state index in [1.165, 1.54) is 5.57 Å². The molecule has 0 saturated heterocycles. The maximum Gasteiger partial charge on any atom is 0.210 e. The highest BCUT2D eigenvalue weighted by molar-refractivity contribution is 7.89. The second-order valence-electron chi connectivity index (χ2n) is 2.85. The van der Waals surface area contributed by atoms with Crippen LogP contribution in [0.1, 0.15) is 13.8 Å². The molecule has 0 spiro atoms. The molecule has 72 valence electrons. The first-order valence-corrected chi connectivity index (χ1v) is 5.48. The van der Waals surface area contributed by atoms with E-state index in [-0.39, 0.29) is 5.75 Å². The Morgan fingerprint density at radius 3 is 2.50 bits per heavy atom. The SMILES string of the molecule is CC(C)=CCNCCS(N)(=O)=O. The topological polar surface area (TPSA) is 72.2 Å². The zero-order valence-corrected chi connectivity index (χ0v) is 8.32. The van der Waals surface area contributed by atoms with Gasteiger partial charge in [-0.2, -0.15) is 0 Å². The van der Waals surface area contributed by atoms with Crippen molar-refractivity contribution < 1.29 is 8.42 Å². The molecule has 0 amide bonds. The van der Waals surface area contributed by atoms with E-state index in [0.717, 1.165) is 0 Å². The highest BCUT2D eigenvalue weighted by Crippen LogP contribution is 1.85. The van der Waals surface area contributed by atoms with E-state index in [9.17, 15) is 8.42 Å². The molecule has 0 aromatic rings. The Hall–Kier alpha value is -0.390. The molecule has 0 aromatic carbocycles. The predicted octanol–water partition coefficient (Wildman–Crippen LogP) is -0.169. The minimum absolute atomic E-state index is 0.0103. The van der Waals surface area contributed by atoms with Crippen molar-refractivity contribution in [1.29, 1.82) is 0 Å². The number of hydrogen-bond donors (Lipinski definition) is 2. The maximum absolute atomic E-state index is 10.5. The standard InChI is InChI=1S/C7H16N2O2S/c1-7(2)3-4-9-5-6-12(8,10)11/h3,9H,4-6H2,1-2H3,(H2,8,10,11). The molecule has 0 radical (unpaired) electrons. The average molecular weight is 192 g/mol. The summed E-state index contributed by atoms with van der Waals surface area (Å²) in [5.41, 5.74) is 1.21. The lowest BCUT2D eigenvalue weighted by Gasteiger charge is -1.99. The number of hydrogen-bond acceptors (Lipinski definition) is 3. The van der Waals surface area contributed by atoms with Gasteiger partial charge in [-0.25, -0.2) is 13.6 Å². The van der Waals surface area contributed by atoms with Gasteiger partial charge in [0.25, 0.3) is 0 Å². The summed E-state index contributed by atoms with van der Waals surface area (Å²) in [7, 11) is -3.31. The van der Waals surface area contributed by atoms with Crippen LogP contribution in [0.2, 0.25) is 0 Å². The molecular formula is C7H16N2O2S. The van der Waals surface area contributed by atoms with Gasteiger partial charge in [0.05, 0.1) is 5.75 Å². The van der Waals surface area contributed by atoms with Crippen molar-refractivity contribution in [3.8, 4) is 0 Å². The molecule has 0 aliphatic heterocycles. The van der Waals surface area contributed by atoms with Crippen molar-refractivity contribution in [1.82, 2.24) is 5.32 Å². The van der Waals surface area contributed by atoms with Gasteiger partial charge in [-0.15, -0.1) is 0 Å². The van der Waals surface area contributed by atoms with Crippen LogP contribution in [0.25, 0.3) is 0 Å². The van der Waals surface area contributed by atoms with Crippen molar-refractivity contribution in [2.24, 2.45) is 5.14 Å². The lowest BCUT2D eigenvalue weighted by atomic mass is 10.3. The summed E-state index contributed by atoms with van der Waals surface area (Å²) in [5, 5.41) is 7.73. The van der Waals surface area contributed by atoms with Gasteiger partial charge in [-0.05, 0) is 13.8 Å². The van der Waals surface area contributed by atoms with Crippen molar-refractivity contribution in [2.75, 3.05) is 18.8 Å². The maximum atomic E-state index is 10.5. The van der Waals surface area contributed by atoms with E-state index in [4.69, 9.17) is 5.14 Å². The van der Waals surface area contributed by atoms with Gasteiger partial charge in [0, 0.05) is 13.1 Å². The molecule has 3 N–H and O–H groups in total. The molecule has 0 aliphatic rings. The molecule has 4 nitrogen and oxygen atoms in total. The van der Waals surface area contributed by atoms with Gasteiger partial charge in [-0.1, -0.05) is 11.6 Å². The summed E-state index contributed by atoms with van der Waals surface area (Å²) in [6.07, 6.45) is 1.99. The Balaban J connectivity index is 3.41. The first kappa shape index (κ1) is 11.6. The number of nitrogens with one attached hydrogen (secondary N) is 1. The first-order chi connectivity index (χ1) is 5.42. The fourth-order valence-corrected chi connectivity index (χ4v) is 1.02. The van der Waals surface area contributed by atoms with Crippen LogP contribution in [0.15, 0.2) is 11.6 Å². The quantitative estimate of drug-likeness (QED) is 0.469. The number of rotatable bonds is 5. The number of sulfonamides is 1. The first-order valence-electron chi connectivity index (χ1n) is 3.76. The van der Waals surface area contributed by atoms with Gasteiger partial charge >= 0.3 is 0 Å². The monoisotopic (exact) mass is 192 g/mol. The van der Waals surface area contributed by atoms with Crippen molar-refractivity contribution >= 4 is 10.0 Å². The Morgan fingerprint density at radius 1 is 1.50 bits per heavy atom. The van der Waals surface area contributed by atoms with Crippen LogP contribution in [0.3, 0.4) is 0 Å². The van der Waals surface area contributed by atoms with E-state index in [1.807, 2.05) is 19.9 Å². The van der Waals surface area contributed by atoms with Gasteiger partial charge in [0.1, 0.15) is 0 Å². The fourth-order valence-electron chi connectivity index (χ4n) is 0.593. The van der Waals surface area contributed by atoms with Crippen molar-refractivity contribution in [3.05, 3.63) is 11.6 Å². The highest BCUT2D eigenvalue weighted by atomic mass is 32.2. The van der Waals surface area contributed by atoms with Crippen LogP contribution >= 0.6 is 0 Å². The molecule has 0 heterocycles. The molecule has 0 bridgehead atoms. The van der Waals surface area contributed by atoms with Crippen LogP contribution in [-0.2, 0) is 10.0 Å². The van der Waals surface area contributed by atoms with Crippen LogP contribution in [0.4, 0.5) is 0 Å². The highest BCUT2D eigenvalue weighted by Gasteiger charge is 1.99. The second-order valence-corrected chi connectivity index (χ2v) is 4.59. The molecule has 0 rings (SSSR count). The number of primary sulfonamides is 1. The van der Waals surface area contributed by atoms with Gasteiger partial charge in [0.2, 0.25) is 10.0 Å². The second kappa shape index (κ2) is 5.29. The third-order valence-corrected chi connectivity index (χ3v) is 1.99. The molecule has 0 fully saturated rings. The Kier molecular flexibility index (Phi) is 5.12. The van der Waals surface area contributed by atoms with Crippen LogP contribution in [0.5, 0.6) is 0 Å². The predicted molar refractivity (Wildman–Crippen MR) is 50.3 cm³/mol. The van der Waals surface area contributed by atoms with Gasteiger partial charge in [0.15, 0.2) is 0 Å². The molecule has 0 atom stereocenters. The largest absolute Gasteiger partial charge is 0.312 e. The normalized spacial score (nSPS) is 11.2. The minimum atomic E-state index is -3.31. The van der Waals surface area contributed by atoms with Crippen LogP contribution < -0.4 is 10.5 Å². The van der Waals surface area contributed by atoms with Crippen LogP contribution in [0, 0.1) is 0 Å². The Morgan fingerprint density at radius 2 is 2.08 bits per heavy atom.